The molecular formula is C47H53N3O7. The Morgan fingerprint density at radius 2 is 1.93 bits per heavy atom. The molecule has 298 valence electrons. The molecule has 3 aliphatic heterocycles. The summed E-state index contributed by atoms with van der Waals surface area (Å²) in [6.45, 7) is 2.62. The smallest absolute Gasteiger partial charge is 0.302 e. The zero-order valence-corrected chi connectivity index (χ0v) is 32.9. The summed E-state index contributed by atoms with van der Waals surface area (Å²) in [7, 11) is 1.64. The Morgan fingerprint density at radius 1 is 1.07 bits per heavy atom. The number of hydrogen-bond donors (Lipinski definition) is 5. The third-order valence-corrected chi connectivity index (χ3v) is 13.2. The molecule has 6 aliphatic rings. The second-order valence-corrected chi connectivity index (χ2v) is 16.9. The van der Waals surface area contributed by atoms with Gasteiger partial charge in [0, 0.05) is 59.7 Å². The van der Waals surface area contributed by atoms with E-state index in [1.165, 1.54) is 39.0 Å². The molecule has 5 unspecified atom stereocenters. The van der Waals surface area contributed by atoms with E-state index in [4.69, 9.17) is 24.7 Å². The van der Waals surface area contributed by atoms with Crippen molar-refractivity contribution >= 4 is 5.97 Å². The van der Waals surface area contributed by atoms with Crippen molar-refractivity contribution in [2.45, 2.75) is 107 Å². The Morgan fingerprint density at radius 3 is 2.75 bits per heavy atom. The van der Waals surface area contributed by atoms with Crippen LogP contribution in [0.4, 0.5) is 0 Å². The van der Waals surface area contributed by atoms with E-state index in [0.29, 0.717) is 43.0 Å². The lowest BCUT2D eigenvalue weighted by Gasteiger charge is -2.39. The monoisotopic (exact) mass is 771 g/mol. The first-order chi connectivity index (χ1) is 27.7. The summed E-state index contributed by atoms with van der Waals surface area (Å²) in [5, 5.41) is 29.3. The number of benzene rings is 3. The fourth-order valence-corrected chi connectivity index (χ4v) is 10.6. The highest BCUT2D eigenvalue weighted by Crippen LogP contribution is 2.62. The van der Waals surface area contributed by atoms with Crippen LogP contribution in [-0.2, 0) is 27.8 Å². The van der Waals surface area contributed by atoms with Crippen molar-refractivity contribution in [3.05, 3.63) is 87.6 Å². The summed E-state index contributed by atoms with van der Waals surface area (Å²) in [4.78, 5) is 12.4. The maximum Gasteiger partial charge on any atom is 0.302 e. The lowest BCUT2D eigenvalue weighted by Crippen LogP contribution is -2.37. The molecular weight excluding hydrogens is 719 g/mol. The van der Waals surface area contributed by atoms with Crippen LogP contribution in [0.3, 0.4) is 0 Å². The summed E-state index contributed by atoms with van der Waals surface area (Å²) in [5.74, 6) is 8.53. The van der Waals surface area contributed by atoms with Crippen LogP contribution in [0.15, 0.2) is 59.8 Å². The fourth-order valence-electron chi connectivity index (χ4n) is 10.6. The molecule has 10 nitrogen and oxygen atoms in total. The first-order valence-corrected chi connectivity index (χ1v) is 20.7. The SMILES string of the molecule is COc1cc(O)cc2c1-c1ccc3c4c1C1(CCC(CC5=C(C#CCc6cc(O)c(OCCNC7CCCCC7)cc6C(O4)C3COC(C)=O)NC(N)C=C5)C1)C2. The molecule has 3 aromatic carbocycles. The van der Waals surface area contributed by atoms with Crippen molar-refractivity contribution in [3.63, 3.8) is 0 Å². The zero-order valence-electron chi connectivity index (χ0n) is 32.9. The molecule has 4 bridgehead atoms. The molecule has 3 aliphatic carbocycles. The molecule has 6 N–H and O–H groups in total. The van der Waals surface area contributed by atoms with Crippen molar-refractivity contribution in [2.75, 3.05) is 26.9 Å². The maximum absolute atomic E-state index is 12.4. The summed E-state index contributed by atoms with van der Waals surface area (Å²) < 4.78 is 25.4. The first kappa shape index (κ1) is 37.5. The van der Waals surface area contributed by atoms with Crippen molar-refractivity contribution in [2.24, 2.45) is 11.7 Å². The third-order valence-electron chi connectivity index (χ3n) is 13.2. The minimum Gasteiger partial charge on any atom is -0.508 e. The van der Waals surface area contributed by atoms with Crippen molar-refractivity contribution < 1.29 is 34.0 Å². The summed E-state index contributed by atoms with van der Waals surface area (Å²) in [5.41, 5.74) is 14.9. The standard InChI is InChI=1S/C47H53N3O7/c1-27(51)56-26-37-34-12-13-35-43-31(20-33(52)22-41(43)54-2)25-47-16-15-28(24-47)19-30-11-14-42(48)50-38(30)10-6-7-29-21-39(53)40(23-36(29)45(37)57-46(34)44(35)47)55-18-17-49-32-8-4-3-5-9-32/h11-14,20-23,28,32,37,42,45,49-50,52-53H,3-5,7-9,15-19,24-26,48H2,1-2H3. The topological polar surface area (TPSA) is 145 Å². The Kier molecular flexibility index (Phi) is 10.1. The first-order valence-electron chi connectivity index (χ1n) is 20.7. The van der Waals surface area contributed by atoms with Gasteiger partial charge < -0.3 is 45.5 Å². The van der Waals surface area contributed by atoms with Gasteiger partial charge in [-0.05, 0) is 103 Å². The van der Waals surface area contributed by atoms with Gasteiger partial charge in [0.2, 0.25) is 0 Å². The number of carbonyl (C=O) groups is 1. The van der Waals surface area contributed by atoms with Crippen LogP contribution in [0.1, 0.15) is 105 Å². The highest BCUT2D eigenvalue weighted by Gasteiger charge is 2.51. The number of hydrogen-bond acceptors (Lipinski definition) is 10. The van der Waals surface area contributed by atoms with Crippen LogP contribution in [0.5, 0.6) is 28.7 Å². The second-order valence-electron chi connectivity index (χ2n) is 16.9. The number of fused-ring (bicyclic) bond motifs is 6. The number of phenols is 2. The van der Waals surface area contributed by atoms with Gasteiger partial charge in [-0.1, -0.05) is 43.4 Å². The van der Waals surface area contributed by atoms with E-state index >= 15 is 0 Å². The van der Waals surface area contributed by atoms with Crippen molar-refractivity contribution in [1.82, 2.24) is 10.6 Å². The second kappa shape index (κ2) is 15.3. The van der Waals surface area contributed by atoms with Gasteiger partial charge in [-0.3, -0.25) is 4.79 Å². The molecule has 0 amide bonds. The summed E-state index contributed by atoms with van der Waals surface area (Å²) in [6.07, 6.45) is 14.1. The molecule has 2 fully saturated rings. The number of aromatic hydroxyl groups is 2. The number of rotatable bonds is 8. The lowest BCUT2D eigenvalue weighted by molar-refractivity contribution is -0.141. The molecule has 2 saturated carbocycles. The van der Waals surface area contributed by atoms with Crippen LogP contribution in [0.2, 0.25) is 0 Å². The lowest BCUT2D eigenvalue weighted by atomic mass is 9.65. The molecule has 0 aromatic heterocycles. The predicted octanol–water partition coefficient (Wildman–Crippen LogP) is 7.10. The predicted molar refractivity (Wildman–Crippen MR) is 217 cm³/mol. The fraction of sp³-hybridized carbons (Fsp3) is 0.468. The van der Waals surface area contributed by atoms with Crippen LogP contribution < -0.4 is 30.6 Å². The minimum atomic E-state index is -0.563. The number of dihydropyridines is 1. The number of nitrogens with one attached hydrogen (secondary N) is 2. The minimum absolute atomic E-state index is 0.0411. The third kappa shape index (κ3) is 7.10. The van der Waals surface area contributed by atoms with Gasteiger partial charge in [-0.15, -0.1) is 0 Å². The van der Waals surface area contributed by atoms with Gasteiger partial charge in [0.05, 0.1) is 24.9 Å². The number of esters is 1. The van der Waals surface area contributed by atoms with E-state index in [1.807, 2.05) is 18.2 Å². The molecule has 3 heterocycles. The molecule has 9 rings (SSSR count). The molecule has 10 heteroatoms. The average Bonchev–Trinajstić information content (AvgIpc) is 3.77. The zero-order chi connectivity index (χ0) is 39.3. The number of phenolic OH excluding ortho intramolecular Hbond substituents is 2. The van der Waals surface area contributed by atoms with E-state index in [9.17, 15) is 15.0 Å². The number of ether oxygens (including phenoxy) is 4. The number of methoxy groups -OCH3 is 1. The maximum atomic E-state index is 12.4. The highest BCUT2D eigenvalue weighted by molar-refractivity contribution is 5.84. The molecule has 1 spiro atoms. The van der Waals surface area contributed by atoms with Crippen LogP contribution in [0.25, 0.3) is 11.1 Å². The molecule has 0 saturated heterocycles. The number of carbonyl (C=O) groups excluding carboxylic acids is 1. The Bertz CT molecular complexity index is 2210. The van der Waals surface area contributed by atoms with Crippen molar-refractivity contribution in [3.8, 4) is 51.7 Å². The van der Waals surface area contributed by atoms with E-state index < -0.39 is 6.10 Å². The van der Waals surface area contributed by atoms with Crippen molar-refractivity contribution in [1.29, 1.82) is 0 Å². The molecule has 3 aromatic rings. The van der Waals surface area contributed by atoms with Crippen LogP contribution in [-0.4, -0.2) is 55.3 Å². The van der Waals surface area contributed by atoms with Gasteiger partial charge in [0.15, 0.2) is 11.5 Å². The van der Waals surface area contributed by atoms with Gasteiger partial charge in [0.25, 0.3) is 0 Å². The number of allylic oxidation sites excluding steroid dienone is 3. The van der Waals surface area contributed by atoms with Gasteiger partial charge in [-0.25, -0.2) is 0 Å². The Labute approximate surface area is 334 Å². The normalized spacial score (nSPS) is 25.7. The van der Waals surface area contributed by atoms with Gasteiger partial charge in [0.1, 0.15) is 36.6 Å². The van der Waals surface area contributed by atoms with Crippen LogP contribution >= 0.6 is 0 Å². The van der Waals surface area contributed by atoms with Gasteiger partial charge >= 0.3 is 5.97 Å². The van der Waals surface area contributed by atoms with E-state index in [0.717, 1.165) is 88.1 Å². The van der Waals surface area contributed by atoms with E-state index in [-0.39, 0.29) is 41.6 Å². The quantitative estimate of drug-likeness (QED) is 0.0915. The molecule has 5 atom stereocenters. The Balaban J connectivity index is 1.19. The highest BCUT2D eigenvalue weighted by atomic mass is 16.5. The largest absolute Gasteiger partial charge is 0.508 e. The number of nitrogens with two attached hydrogens (primary N) is 1. The van der Waals surface area contributed by atoms with Crippen LogP contribution in [0, 0.1) is 17.8 Å². The summed E-state index contributed by atoms with van der Waals surface area (Å²) in [6, 6.07) is 12.0. The van der Waals surface area contributed by atoms with E-state index in [1.54, 1.807) is 19.2 Å². The molecule has 57 heavy (non-hydrogen) atoms. The van der Waals surface area contributed by atoms with Gasteiger partial charge in [-0.2, -0.15) is 0 Å². The average molecular weight is 772 g/mol. The van der Waals surface area contributed by atoms with E-state index in [2.05, 4.69) is 40.7 Å². The molecule has 0 radical (unpaired) electrons. The summed E-state index contributed by atoms with van der Waals surface area (Å²) >= 11 is 0. The Hall–Kier alpha value is -5.11.